The Morgan fingerprint density at radius 1 is 1.03 bits per heavy atom. The van der Waals surface area contributed by atoms with Gasteiger partial charge in [-0.2, -0.15) is 0 Å². The second-order valence-electron chi connectivity index (χ2n) is 8.66. The average Bonchev–Trinajstić information content (AvgIpc) is 3.16. The molecule has 7 nitrogen and oxygen atoms in total. The summed E-state index contributed by atoms with van der Waals surface area (Å²) in [6.07, 6.45) is 1.04. The molecule has 2 aromatic rings. The molecule has 1 aliphatic rings. The number of aliphatic carboxylic acids is 1. The van der Waals surface area contributed by atoms with Gasteiger partial charge in [0.15, 0.2) is 0 Å². The lowest BCUT2D eigenvalue weighted by atomic mass is 9.98. The average molecular weight is 467 g/mol. The summed E-state index contributed by atoms with van der Waals surface area (Å²) in [6.45, 7) is 5.44. The molecule has 2 amide bonds. The zero-order valence-electron chi connectivity index (χ0n) is 20.0. The molecule has 182 valence electrons. The minimum absolute atomic E-state index is 0.00520. The lowest BCUT2D eigenvalue weighted by Gasteiger charge is -2.23. The first-order valence-electron chi connectivity index (χ1n) is 12.0. The van der Waals surface area contributed by atoms with Gasteiger partial charge in [-0.15, -0.1) is 0 Å². The Hall–Kier alpha value is -3.35. The first-order chi connectivity index (χ1) is 16.4. The standard InChI is InChI=1S/C27H34N2O5/c1-3-19(16-25(30)29(4-2)15-9-14-26(31)32)17-28-27(33)34-18-24-22-12-7-5-10-20(22)21-11-6-8-13-23(21)24/h5-8,10-13,19,24H,3-4,9,14-18H2,1-2H3,(H,28,33)(H,31,32). The van der Waals surface area contributed by atoms with Crippen molar-refractivity contribution in [2.45, 2.75) is 45.4 Å². The predicted molar refractivity (Wildman–Crippen MR) is 131 cm³/mol. The number of fused-ring (bicyclic) bond motifs is 3. The molecule has 3 rings (SSSR count). The number of carbonyl (C=O) groups is 3. The zero-order chi connectivity index (χ0) is 24.5. The summed E-state index contributed by atoms with van der Waals surface area (Å²) in [5, 5.41) is 11.6. The number of carbonyl (C=O) groups excluding carboxylic acids is 2. The van der Waals surface area contributed by atoms with Crippen molar-refractivity contribution in [2.24, 2.45) is 5.92 Å². The van der Waals surface area contributed by atoms with E-state index in [-0.39, 0.29) is 30.8 Å². The quantitative estimate of drug-likeness (QED) is 0.475. The van der Waals surface area contributed by atoms with E-state index in [9.17, 15) is 14.4 Å². The van der Waals surface area contributed by atoms with Gasteiger partial charge in [-0.3, -0.25) is 9.59 Å². The molecule has 1 atom stereocenters. The van der Waals surface area contributed by atoms with Gasteiger partial charge in [0.1, 0.15) is 6.61 Å². The summed E-state index contributed by atoms with van der Waals surface area (Å²) < 4.78 is 5.58. The topological polar surface area (TPSA) is 95.9 Å². The van der Waals surface area contributed by atoms with Gasteiger partial charge >= 0.3 is 12.1 Å². The molecule has 0 aromatic heterocycles. The van der Waals surface area contributed by atoms with Gasteiger partial charge in [-0.05, 0) is 41.5 Å². The molecule has 0 saturated carbocycles. The van der Waals surface area contributed by atoms with E-state index in [1.165, 1.54) is 11.1 Å². The van der Waals surface area contributed by atoms with Crippen molar-refractivity contribution in [3.63, 3.8) is 0 Å². The van der Waals surface area contributed by atoms with Crippen molar-refractivity contribution in [1.29, 1.82) is 0 Å². The molecule has 2 aromatic carbocycles. The maximum Gasteiger partial charge on any atom is 0.407 e. The van der Waals surface area contributed by atoms with Crippen molar-refractivity contribution in [3.8, 4) is 11.1 Å². The van der Waals surface area contributed by atoms with E-state index in [1.807, 2.05) is 38.1 Å². The van der Waals surface area contributed by atoms with Crippen molar-refractivity contribution in [3.05, 3.63) is 59.7 Å². The van der Waals surface area contributed by atoms with Gasteiger partial charge < -0.3 is 20.1 Å². The van der Waals surface area contributed by atoms with Crippen LogP contribution in [-0.4, -0.2) is 54.2 Å². The Morgan fingerprint density at radius 2 is 1.65 bits per heavy atom. The lowest BCUT2D eigenvalue weighted by molar-refractivity contribution is -0.138. The summed E-state index contributed by atoms with van der Waals surface area (Å²) in [4.78, 5) is 37.5. The van der Waals surface area contributed by atoms with Crippen LogP contribution in [0, 0.1) is 5.92 Å². The first kappa shape index (κ1) is 25.3. The first-order valence-corrected chi connectivity index (χ1v) is 12.0. The number of nitrogens with zero attached hydrogens (tertiary/aromatic N) is 1. The van der Waals surface area contributed by atoms with E-state index in [1.54, 1.807) is 4.90 Å². The number of hydrogen-bond donors (Lipinski definition) is 2. The summed E-state index contributed by atoms with van der Waals surface area (Å²) in [5.41, 5.74) is 4.69. The van der Waals surface area contributed by atoms with E-state index in [0.29, 0.717) is 32.5 Å². The molecule has 34 heavy (non-hydrogen) atoms. The fourth-order valence-electron chi connectivity index (χ4n) is 4.49. The molecule has 1 aliphatic carbocycles. The molecule has 0 heterocycles. The number of rotatable bonds is 12. The normalized spacial score (nSPS) is 13.0. The summed E-state index contributed by atoms with van der Waals surface area (Å²) in [7, 11) is 0. The molecular formula is C27H34N2O5. The van der Waals surface area contributed by atoms with Crippen LogP contribution < -0.4 is 5.32 Å². The fourth-order valence-corrected chi connectivity index (χ4v) is 4.49. The van der Waals surface area contributed by atoms with Crippen LogP contribution in [0.5, 0.6) is 0 Å². The van der Waals surface area contributed by atoms with Gasteiger partial charge in [0.2, 0.25) is 5.91 Å². The molecule has 2 N–H and O–H groups in total. The maximum atomic E-state index is 12.6. The van der Waals surface area contributed by atoms with Gasteiger partial charge in [-0.25, -0.2) is 4.79 Å². The van der Waals surface area contributed by atoms with Gasteiger partial charge in [0.05, 0.1) is 0 Å². The molecule has 1 unspecified atom stereocenters. The third kappa shape index (κ3) is 6.37. The summed E-state index contributed by atoms with van der Waals surface area (Å²) in [5.74, 6) is -0.886. The van der Waals surface area contributed by atoms with Gasteiger partial charge in [0.25, 0.3) is 0 Å². The molecule has 0 spiro atoms. The molecule has 0 bridgehead atoms. The van der Waals surface area contributed by atoms with Gasteiger partial charge in [-0.1, -0.05) is 61.9 Å². The molecule has 0 fully saturated rings. The number of carboxylic acids is 1. The van der Waals surface area contributed by atoms with Crippen LogP contribution in [0.3, 0.4) is 0 Å². The van der Waals surface area contributed by atoms with Crippen molar-refractivity contribution in [1.82, 2.24) is 10.2 Å². The van der Waals surface area contributed by atoms with Crippen molar-refractivity contribution >= 4 is 18.0 Å². The van der Waals surface area contributed by atoms with E-state index in [2.05, 4.69) is 29.6 Å². The van der Waals surface area contributed by atoms with Crippen LogP contribution in [0.15, 0.2) is 48.5 Å². The minimum atomic E-state index is -0.859. The zero-order valence-corrected chi connectivity index (χ0v) is 20.0. The van der Waals surface area contributed by atoms with Crippen LogP contribution in [-0.2, 0) is 14.3 Å². The van der Waals surface area contributed by atoms with E-state index in [0.717, 1.165) is 17.5 Å². The Labute approximate surface area is 201 Å². The predicted octanol–water partition coefficient (Wildman–Crippen LogP) is 4.65. The highest BCUT2D eigenvalue weighted by atomic mass is 16.5. The molecule has 0 saturated heterocycles. The minimum Gasteiger partial charge on any atom is -0.481 e. The fraction of sp³-hybridized carbons (Fsp3) is 0.444. The highest BCUT2D eigenvalue weighted by Crippen LogP contribution is 2.44. The highest BCUT2D eigenvalue weighted by Gasteiger charge is 2.29. The van der Waals surface area contributed by atoms with Crippen LogP contribution in [0.25, 0.3) is 11.1 Å². The monoisotopic (exact) mass is 466 g/mol. The molecular weight excluding hydrogens is 432 g/mol. The maximum absolute atomic E-state index is 12.6. The third-order valence-corrected chi connectivity index (χ3v) is 6.47. The number of benzene rings is 2. The second kappa shape index (κ2) is 12.2. The second-order valence-corrected chi connectivity index (χ2v) is 8.66. The lowest BCUT2D eigenvalue weighted by Crippen LogP contribution is -2.36. The highest BCUT2D eigenvalue weighted by molar-refractivity contribution is 5.79. The Bertz CT molecular complexity index is 961. The van der Waals surface area contributed by atoms with E-state index in [4.69, 9.17) is 9.84 Å². The molecule has 0 aliphatic heterocycles. The van der Waals surface area contributed by atoms with Crippen LogP contribution in [0.2, 0.25) is 0 Å². The molecule has 0 radical (unpaired) electrons. The number of ether oxygens (including phenoxy) is 1. The third-order valence-electron chi connectivity index (χ3n) is 6.47. The van der Waals surface area contributed by atoms with Crippen LogP contribution >= 0.6 is 0 Å². The van der Waals surface area contributed by atoms with Crippen molar-refractivity contribution in [2.75, 3.05) is 26.2 Å². The SMILES string of the molecule is CCC(CNC(=O)OCC1c2ccccc2-c2ccccc21)CC(=O)N(CC)CCCC(=O)O. The summed E-state index contributed by atoms with van der Waals surface area (Å²) in [6, 6.07) is 16.4. The van der Waals surface area contributed by atoms with Crippen LogP contribution in [0.1, 0.15) is 56.6 Å². The number of amides is 2. The van der Waals surface area contributed by atoms with Crippen molar-refractivity contribution < 1.29 is 24.2 Å². The molecule has 7 heteroatoms. The van der Waals surface area contributed by atoms with E-state index >= 15 is 0 Å². The van der Waals surface area contributed by atoms with Crippen LogP contribution in [0.4, 0.5) is 4.79 Å². The summed E-state index contributed by atoms with van der Waals surface area (Å²) >= 11 is 0. The largest absolute Gasteiger partial charge is 0.481 e. The smallest absolute Gasteiger partial charge is 0.407 e. The van der Waals surface area contributed by atoms with Gasteiger partial charge in [0, 0.05) is 38.4 Å². The number of alkyl carbamates (subject to hydrolysis) is 1. The Balaban J connectivity index is 1.48. The number of carboxylic acid groups (broad SMARTS) is 1. The number of nitrogens with one attached hydrogen (secondary N) is 1. The van der Waals surface area contributed by atoms with E-state index < -0.39 is 12.1 Å². The number of hydrogen-bond acceptors (Lipinski definition) is 4. The Kier molecular flexibility index (Phi) is 9.08. The Morgan fingerprint density at radius 3 is 2.21 bits per heavy atom.